The Morgan fingerprint density at radius 2 is 2.41 bits per heavy atom. The van der Waals surface area contributed by atoms with Gasteiger partial charge in [0.1, 0.15) is 12.2 Å². The molecule has 0 saturated carbocycles. The van der Waals surface area contributed by atoms with Crippen molar-refractivity contribution < 1.29 is 9.90 Å². The van der Waals surface area contributed by atoms with Crippen LogP contribution in [0.15, 0.2) is 18.0 Å². The molecular formula is C11H16N4O2. The number of rotatable bonds is 4. The van der Waals surface area contributed by atoms with Gasteiger partial charge in [0.15, 0.2) is 0 Å². The summed E-state index contributed by atoms with van der Waals surface area (Å²) in [5, 5.41) is 16.8. The van der Waals surface area contributed by atoms with Crippen LogP contribution in [0.4, 0.5) is 0 Å². The second-order valence-electron chi connectivity index (χ2n) is 4.06. The van der Waals surface area contributed by atoms with Gasteiger partial charge >= 0.3 is 5.97 Å². The molecule has 0 aromatic carbocycles. The van der Waals surface area contributed by atoms with Gasteiger partial charge in [-0.15, -0.1) is 10.2 Å². The molecule has 1 aliphatic heterocycles. The van der Waals surface area contributed by atoms with Crippen molar-refractivity contribution in [2.24, 2.45) is 0 Å². The van der Waals surface area contributed by atoms with E-state index in [1.165, 1.54) is 0 Å². The van der Waals surface area contributed by atoms with Gasteiger partial charge in [0.2, 0.25) is 0 Å². The lowest BCUT2D eigenvalue weighted by Gasteiger charge is -2.25. The highest BCUT2D eigenvalue weighted by Crippen LogP contribution is 2.09. The molecule has 0 atom stereocenters. The molecule has 1 N–H and O–H groups in total. The molecule has 1 aromatic heterocycles. The van der Waals surface area contributed by atoms with Crippen LogP contribution in [-0.2, 0) is 17.9 Å². The van der Waals surface area contributed by atoms with Crippen LogP contribution in [0.25, 0.3) is 0 Å². The summed E-state index contributed by atoms with van der Waals surface area (Å²) < 4.78 is 2.03. The van der Waals surface area contributed by atoms with E-state index in [9.17, 15) is 4.79 Å². The van der Waals surface area contributed by atoms with Gasteiger partial charge in [0, 0.05) is 25.2 Å². The summed E-state index contributed by atoms with van der Waals surface area (Å²) in [6, 6.07) is 0. The van der Waals surface area contributed by atoms with Gasteiger partial charge in [-0.05, 0) is 6.42 Å². The Hall–Kier alpha value is -1.69. The Kier molecular flexibility index (Phi) is 3.53. The van der Waals surface area contributed by atoms with Crippen LogP contribution < -0.4 is 0 Å². The third kappa shape index (κ3) is 2.71. The van der Waals surface area contributed by atoms with Gasteiger partial charge in [-0.25, -0.2) is 4.79 Å². The molecule has 0 bridgehead atoms. The predicted molar refractivity (Wildman–Crippen MR) is 61.3 cm³/mol. The number of aliphatic carboxylic acids is 1. The molecule has 0 unspecified atom stereocenters. The number of carbonyl (C=O) groups is 1. The monoisotopic (exact) mass is 236 g/mol. The maximum absolute atomic E-state index is 10.8. The summed E-state index contributed by atoms with van der Waals surface area (Å²) in [6.07, 6.45) is 4.07. The summed E-state index contributed by atoms with van der Waals surface area (Å²) in [5.41, 5.74) is 0.469. The predicted octanol–water partition coefficient (Wildman–Crippen LogP) is 0.515. The summed E-state index contributed by atoms with van der Waals surface area (Å²) >= 11 is 0. The van der Waals surface area contributed by atoms with Gasteiger partial charge in [-0.1, -0.05) is 13.0 Å². The third-order valence-electron chi connectivity index (χ3n) is 2.97. The molecule has 92 valence electrons. The van der Waals surface area contributed by atoms with Gasteiger partial charge in [0.25, 0.3) is 0 Å². The third-order valence-corrected chi connectivity index (χ3v) is 2.97. The molecule has 0 fully saturated rings. The van der Waals surface area contributed by atoms with E-state index in [4.69, 9.17) is 5.11 Å². The van der Waals surface area contributed by atoms with Crippen LogP contribution in [0.3, 0.4) is 0 Å². The van der Waals surface area contributed by atoms with Crippen molar-refractivity contribution in [3.8, 4) is 0 Å². The molecule has 0 radical (unpaired) electrons. The molecule has 2 rings (SSSR count). The van der Waals surface area contributed by atoms with Crippen molar-refractivity contribution in [2.75, 3.05) is 13.1 Å². The Morgan fingerprint density at radius 3 is 3.12 bits per heavy atom. The smallest absolute Gasteiger partial charge is 0.331 e. The molecule has 1 aromatic rings. The molecule has 1 aliphatic rings. The van der Waals surface area contributed by atoms with E-state index in [0.29, 0.717) is 18.5 Å². The standard InChI is InChI=1S/C11H16N4O2/c1-2-9(11(16)17)3-4-14-5-6-15-8-12-13-10(15)7-14/h3,8H,2,4-7H2,1H3,(H,16,17). The maximum atomic E-state index is 10.8. The second-order valence-corrected chi connectivity index (χ2v) is 4.06. The number of fused-ring (bicyclic) bond motifs is 1. The molecule has 6 nitrogen and oxygen atoms in total. The highest BCUT2D eigenvalue weighted by Gasteiger charge is 2.16. The summed E-state index contributed by atoms with van der Waals surface area (Å²) in [4.78, 5) is 13.0. The van der Waals surface area contributed by atoms with Crippen LogP contribution >= 0.6 is 0 Å². The topological polar surface area (TPSA) is 71.2 Å². The lowest BCUT2D eigenvalue weighted by Crippen LogP contribution is -2.33. The average molecular weight is 236 g/mol. The molecule has 0 amide bonds. The van der Waals surface area contributed by atoms with Crippen LogP contribution in [0.2, 0.25) is 0 Å². The minimum atomic E-state index is -0.826. The first-order valence-corrected chi connectivity index (χ1v) is 5.72. The average Bonchev–Trinajstić information content (AvgIpc) is 2.76. The quantitative estimate of drug-likeness (QED) is 0.771. The fourth-order valence-electron chi connectivity index (χ4n) is 1.89. The van der Waals surface area contributed by atoms with Crippen molar-refractivity contribution in [3.05, 3.63) is 23.8 Å². The fourth-order valence-corrected chi connectivity index (χ4v) is 1.89. The van der Waals surface area contributed by atoms with Crippen molar-refractivity contribution >= 4 is 5.97 Å². The Balaban J connectivity index is 1.96. The molecule has 0 spiro atoms. The number of carboxylic acids is 1. The second kappa shape index (κ2) is 5.09. The Labute approximate surface area is 99.6 Å². The number of hydrogen-bond donors (Lipinski definition) is 1. The Bertz CT molecular complexity index is 438. The zero-order valence-corrected chi connectivity index (χ0v) is 9.83. The normalized spacial score (nSPS) is 16.9. The minimum absolute atomic E-state index is 0.469. The highest BCUT2D eigenvalue weighted by atomic mass is 16.4. The summed E-state index contributed by atoms with van der Waals surface area (Å²) in [7, 11) is 0. The highest BCUT2D eigenvalue weighted by molar-refractivity contribution is 5.86. The number of aromatic nitrogens is 3. The zero-order valence-electron chi connectivity index (χ0n) is 9.83. The van der Waals surface area contributed by atoms with Crippen LogP contribution in [0.1, 0.15) is 19.2 Å². The van der Waals surface area contributed by atoms with Crippen molar-refractivity contribution in [3.63, 3.8) is 0 Å². The lowest BCUT2D eigenvalue weighted by atomic mass is 10.2. The van der Waals surface area contributed by atoms with E-state index in [0.717, 1.165) is 25.5 Å². The van der Waals surface area contributed by atoms with E-state index in [1.807, 2.05) is 11.5 Å². The number of carboxylic acid groups (broad SMARTS) is 1. The van der Waals surface area contributed by atoms with Gasteiger partial charge in [0.05, 0.1) is 6.54 Å². The molecule has 0 aliphatic carbocycles. The first-order chi connectivity index (χ1) is 8.20. The van der Waals surface area contributed by atoms with Crippen molar-refractivity contribution in [2.45, 2.75) is 26.4 Å². The van der Waals surface area contributed by atoms with E-state index >= 15 is 0 Å². The van der Waals surface area contributed by atoms with Crippen molar-refractivity contribution in [1.29, 1.82) is 0 Å². The first-order valence-electron chi connectivity index (χ1n) is 5.72. The molecule has 6 heteroatoms. The van der Waals surface area contributed by atoms with E-state index in [-0.39, 0.29) is 0 Å². The molecule has 0 saturated heterocycles. The molecule has 2 heterocycles. The van der Waals surface area contributed by atoms with E-state index in [2.05, 4.69) is 15.1 Å². The minimum Gasteiger partial charge on any atom is -0.478 e. The Morgan fingerprint density at radius 1 is 1.59 bits per heavy atom. The lowest BCUT2D eigenvalue weighted by molar-refractivity contribution is -0.132. The number of hydrogen-bond acceptors (Lipinski definition) is 4. The van der Waals surface area contributed by atoms with Gasteiger partial charge in [-0.3, -0.25) is 4.90 Å². The van der Waals surface area contributed by atoms with Crippen molar-refractivity contribution in [1.82, 2.24) is 19.7 Å². The summed E-state index contributed by atoms with van der Waals surface area (Å²) in [5.74, 6) is 0.116. The van der Waals surface area contributed by atoms with Gasteiger partial charge in [-0.2, -0.15) is 0 Å². The first kappa shape index (κ1) is 11.8. The molecule has 17 heavy (non-hydrogen) atoms. The van der Waals surface area contributed by atoms with Crippen LogP contribution in [0.5, 0.6) is 0 Å². The van der Waals surface area contributed by atoms with E-state index < -0.39 is 5.97 Å². The number of nitrogens with zero attached hydrogens (tertiary/aromatic N) is 4. The molecular weight excluding hydrogens is 220 g/mol. The maximum Gasteiger partial charge on any atom is 0.331 e. The summed E-state index contributed by atoms with van der Waals surface area (Å²) in [6.45, 7) is 5.01. The van der Waals surface area contributed by atoms with Crippen LogP contribution in [0, 0.1) is 0 Å². The van der Waals surface area contributed by atoms with Gasteiger partial charge < -0.3 is 9.67 Å². The van der Waals surface area contributed by atoms with Crippen LogP contribution in [-0.4, -0.2) is 43.8 Å². The van der Waals surface area contributed by atoms with E-state index in [1.54, 1.807) is 12.4 Å². The SMILES string of the molecule is CCC(=CCN1CCn2cnnc2C1)C(=O)O. The fraction of sp³-hybridized carbons (Fsp3) is 0.545. The zero-order chi connectivity index (χ0) is 12.3. The largest absolute Gasteiger partial charge is 0.478 e.